The third kappa shape index (κ3) is 5.96. The molecule has 0 aromatic carbocycles. The van der Waals surface area contributed by atoms with Crippen molar-refractivity contribution in [1.29, 1.82) is 0 Å². The van der Waals surface area contributed by atoms with Crippen molar-refractivity contribution < 1.29 is 18.0 Å². The lowest BCUT2D eigenvalue weighted by Gasteiger charge is -2.09. The van der Waals surface area contributed by atoms with Gasteiger partial charge in [-0.05, 0) is 6.92 Å². The van der Waals surface area contributed by atoms with Gasteiger partial charge in [-0.3, -0.25) is 4.79 Å². The van der Waals surface area contributed by atoms with Gasteiger partial charge in [-0.2, -0.15) is 13.2 Å². The van der Waals surface area contributed by atoms with Gasteiger partial charge in [0.2, 0.25) is 5.91 Å². The zero-order chi connectivity index (χ0) is 9.78. The fraction of sp³-hybridized carbons (Fsp3) is 0.833. The van der Waals surface area contributed by atoms with Crippen LogP contribution in [-0.2, 0) is 4.79 Å². The minimum Gasteiger partial charge on any atom is -0.354 e. The molecule has 0 aromatic rings. The SMILES string of the molecule is CC(N)C(=O)NCCC(F)(F)F. The Balaban J connectivity index is 3.51. The fourth-order valence-corrected chi connectivity index (χ4v) is 0.488. The number of rotatable bonds is 3. The molecule has 72 valence electrons. The van der Waals surface area contributed by atoms with Crippen molar-refractivity contribution >= 4 is 5.91 Å². The van der Waals surface area contributed by atoms with E-state index >= 15 is 0 Å². The Morgan fingerprint density at radius 2 is 2.08 bits per heavy atom. The first-order chi connectivity index (χ1) is 5.33. The zero-order valence-electron chi connectivity index (χ0n) is 6.61. The maximum Gasteiger partial charge on any atom is 0.390 e. The van der Waals surface area contributed by atoms with Gasteiger partial charge in [0, 0.05) is 6.54 Å². The van der Waals surface area contributed by atoms with Crippen molar-refractivity contribution in [2.45, 2.75) is 25.6 Å². The molecule has 6 heteroatoms. The van der Waals surface area contributed by atoms with Gasteiger partial charge in [0.15, 0.2) is 0 Å². The minimum absolute atomic E-state index is 0.413. The Kier molecular flexibility index (Phi) is 4.02. The number of hydrogen-bond acceptors (Lipinski definition) is 2. The highest BCUT2D eigenvalue weighted by Gasteiger charge is 2.26. The predicted octanol–water partition coefficient (Wildman–Crippen LogP) is 0.402. The lowest BCUT2D eigenvalue weighted by Crippen LogP contribution is -2.39. The molecule has 1 amide bonds. The first kappa shape index (κ1) is 11.2. The van der Waals surface area contributed by atoms with Gasteiger partial charge in [0.25, 0.3) is 0 Å². The van der Waals surface area contributed by atoms with Crippen LogP contribution in [0.25, 0.3) is 0 Å². The first-order valence-electron chi connectivity index (χ1n) is 3.43. The van der Waals surface area contributed by atoms with Crippen LogP contribution in [0.2, 0.25) is 0 Å². The number of nitrogens with two attached hydrogens (primary N) is 1. The van der Waals surface area contributed by atoms with E-state index in [9.17, 15) is 18.0 Å². The van der Waals surface area contributed by atoms with Crippen LogP contribution in [0.3, 0.4) is 0 Å². The Bertz CT molecular complexity index is 155. The Hall–Kier alpha value is -0.780. The Morgan fingerprint density at radius 1 is 1.58 bits per heavy atom. The predicted molar refractivity (Wildman–Crippen MR) is 37.3 cm³/mol. The monoisotopic (exact) mass is 184 g/mol. The molecule has 12 heavy (non-hydrogen) atoms. The van der Waals surface area contributed by atoms with Crippen molar-refractivity contribution in [2.24, 2.45) is 5.73 Å². The van der Waals surface area contributed by atoms with Gasteiger partial charge in [-0.1, -0.05) is 0 Å². The first-order valence-corrected chi connectivity index (χ1v) is 3.43. The van der Waals surface area contributed by atoms with Crippen LogP contribution in [0, 0.1) is 0 Å². The maximum atomic E-state index is 11.5. The van der Waals surface area contributed by atoms with Crippen LogP contribution >= 0.6 is 0 Å². The van der Waals surface area contributed by atoms with E-state index in [0.717, 1.165) is 0 Å². The molecule has 0 heterocycles. The highest BCUT2D eigenvalue weighted by molar-refractivity contribution is 5.80. The molecule has 0 saturated heterocycles. The molecule has 1 atom stereocenters. The number of alkyl halides is 3. The van der Waals surface area contributed by atoms with Gasteiger partial charge in [0.05, 0.1) is 12.5 Å². The van der Waals surface area contributed by atoms with Gasteiger partial charge in [0.1, 0.15) is 0 Å². The van der Waals surface area contributed by atoms with Crippen molar-refractivity contribution in [3.63, 3.8) is 0 Å². The van der Waals surface area contributed by atoms with Crippen LogP contribution in [0.1, 0.15) is 13.3 Å². The second-order valence-corrected chi connectivity index (χ2v) is 2.44. The van der Waals surface area contributed by atoms with Crippen molar-refractivity contribution in [1.82, 2.24) is 5.32 Å². The maximum absolute atomic E-state index is 11.5. The molecule has 0 aromatic heterocycles. The van der Waals surface area contributed by atoms with E-state index < -0.39 is 31.1 Å². The third-order valence-electron chi connectivity index (χ3n) is 1.12. The molecule has 1 unspecified atom stereocenters. The fourth-order valence-electron chi connectivity index (χ4n) is 0.488. The summed E-state index contributed by atoms with van der Waals surface area (Å²) >= 11 is 0. The largest absolute Gasteiger partial charge is 0.390 e. The van der Waals surface area contributed by atoms with E-state index in [1.807, 2.05) is 0 Å². The molecule has 3 N–H and O–H groups in total. The Morgan fingerprint density at radius 3 is 2.42 bits per heavy atom. The number of carbonyl (C=O) groups excluding carboxylic acids is 1. The van der Waals surface area contributed by atoms with Crippen LogP contribution in [0.15, 0.2) is 0 Å². The molecule has 0 rings (SSSR count). The molecule has 0 aliphatic rings. The quantitative estimate of drug-likeness (QED) is 0.667. The normalized spacial score (nSPS) is 14.1. The third-order valence-corrected chi connectivity index (χ3v) is 1.12. The van der Waals surface area contributed by atoms with Gasteiger partial charge in [-0.15, -0.1) is 0 Å². The molecule has 0 saturated carbocycles. The molecule has 0 radical (unpaired) electrons. The lowest BCUT2D eigenvalue weighted by atomic mass is 10.3. The molecular weight excluding hydrogens is 173 g/mol. The second kappa shape index (κ2) is 4.30. The highest BCUT2D eigenvalue weighted by atomic mass is 19.4. The summed E-state index contributed by atoms with van der Waals surface area (Å²) in [6.45, 7) is 0.993. The van der Waals surface area contributed by atoms with Crippen molar-refractivity contribution in [3.8, 4) is 0 Å². The van der Waals surface area contributed by atoms with E-state index in [1.165, 1.54) is 6.92 Å². The summed E-state index contributed by atoms with van der Waals surface area (Å²) in [5.74, 6) is -0.570. The average molecular weight is 184 g/mol. The minimum atomic E-state index is -4.23. The average Bonchev–Trinajstić information content (AvgIpc) is 1.84. The molecule has 0 aliphatic heterocycles. The molecule has 0 fully saturated rings. The molecule has 0 spiro atoms. The van der Waals surface area contributed by atoms with E-state index in [4.69, 9.17) is 5.73 Å². The van der Waals surface area contributed by atoms with E-state index in [-0.39, 0.29) is 0 Å². The van der Waals surface area contributed by atoms with Crippen molar-refractivity contribution in [2.75, 3.05) is 6.54 Å². The molecule has 3 nitrogen and oxygen atoms in total. The van der Waals surface area contributed by atoms with E-state index in [2.05, 4.69) is 5.32 Å². The lowest BCUT2D eigenvalue weighted by molar-refractivity contribution is -0.135. The number of carbonyl (C=O) groups is 1. The number of amides is 1. The summed E-state index contributed by atoms with van der Waals surface area (Å²) in [5.41, 5.74) is 5.09. The smallest absolute Gasteiger partial charge is 0.354 e. The zero-order valence-corrected chi connectivity index (χ0v) is 6.61. The number of halogens is 3. The molecule has 0 aliphatic carbocycles. The second-order valence-electron chi connectivity index (χ2n) is 2.44. The van der Waals surface area contributed by atoms with Crippen molar-refractivity contribution in [3.05, 3.63) is 0 Å². The highest BCUT2D eigenvalue weighted by Crippen LogP contribution is 2.17. The van der Waals surface area contributed by atoms with Crippen LogP contribution in [0.4, 0.5) is 13.2 Å². The van der Waals surface area contributed by atoms with Crippen LogP contribution < -0.4 is 11.1 Å². The van der Waals surface area contributed by atoms with E-state index in [0.29, 0.717) is 0 Å². The molecular formula is C6H11F3N2O. The topological polar surface area (TPSA) is 55.1 Å². The standard InChI is InChI=1S/C6H11F3N2O/c1-4(10)5(12)11-3-2-6(7,8)9/h4H,2-3,10H2,1H3,(H,11,12). The van der Waals surface area contributed by atoms with Crippen LogP contribution in [0.5, 0.6) is 0 Å². The summed E-state index contributed by atoms with van der Waals surface area (Å²) in [6.07, 6.45) is -5.25. The summed E-state index contributed by atoms with van der Waals surface area (Å²) < 4.78 is 34.6. The van der Waals surface area contributed by atoms with E-state index in [1.54, 1.807) is 0 Å². The summed E-state index contributed by atoms with van der Waals surface area (Å²) in [7, 11) is 0. The van der Waals surface area contributed by atoms with Crippen LogP contribution in [-0.4, -0.2) is 24.7 Å². The number of hydrogen-bond donors (Lipinski definition) is 2. The Labute approximate surface area is 68.1 Å². The van der Waals surface area contributed by atoms with Gasteiger partial charge in [-0.25, -0.2) is 0 Å². The van der Waals surface area contributed by atoms with Gasteiger partial charge < -0.3 is 11.1 Å². The molecule has 0 bridgehead atoms. The number of nitrogens with one attached hydrogen (secondary N) is 1. The summed E-state index contributed by atoms with van der Waals surface area (Å²) in [6, 6.07) is -0.766. The summed E-state index contributed by atoms with van der Waals surface area (Å²) in [4.78, 5) is 10.6. The summed E-state index contributed by atoms with van der Waals surface area (Å²) in [5, 5.41) is 2.05. The van der Waals surface area contributed by atoms with Gasteiger partial charge >= 0.3 is 6.18 Å².